The molecule has 0 fully saturated rings. The molecule has 1 aliphatic rings. The summed E-state index contributed by atoms with van der Waals surface area (Å²) < 4.78 is 5.70. The van der Waals surface area contributed by atoms with Crippen LogP contribution in [0.15, 0.2) is 60.2 Å². The van der Waals surface area contributed by atoms with E-state index in [9.17, 15) is 4.79 Å². The molecule has 4 nitrogen and oxygen atoms in total. The van der Waals surface area contributed by atoms with E-state index in [0.29, 0.717) is 18.2 Å². The van der Waals surface area contributed by atoms with Crippen molar-refractivity contribution in [1.29, 1.82) is 0 Å². The Morgan fingerprint density at radius 3 is 2.59 bits per heavy atom. The zero-order valence-corrected chi connectivity index (χ0v) is 16.5. The molecule has 0 saturated heterocycles. The van der Waals surface area contributed by atoms with E-state index in [1.165, 1.54) is 0 Å². The molecular weight excluding hydrogens is 360 g/mol. The molecule has 0 bridgehead atoms. The van der Waals surface area contributed by atoms with Crippen molar-refractivity contribution in [2.75, 3.05) is 32.6 Å². The summed E-state index contributed by atoms with van der Waals surface area (Å²) in [4.78, 5) is 16.1. The van der Waals surface area contributed by atoms with Crippen molar-refractivity contribution in [2.45, 2.75) is 6.54 Å². The lowest BCUT2D eigenvalue weighted by molar-refractivity contribution is -0.125. The molecule has 0 aromatic heterocycles. The summed E-state index contributed by atoms with van der Waals surface area (Å²) in [6, 6.07) is 13.7. The summed E-state index contributed by atoms with van der Waals surface area (Å²) in [5.41, 5.74) is 4.09. The SMILES string of the molecule is CN(Cc1ccc(N(C)C)cc1)C(=O)/C=C/C1=Cc2cc(Cl)ccc2OC1. The Morgan fingerprint density at radius 1 is 1.15 bits per heavy atom. The first-order chi connectivity index (χ1) is 12.9. The maximum Gasteiger partial charge on any atom is 0.246 e. The van der Waals surface area contributed by atoms with Crippen LogP contribution in [0.25, 0.3) is 6.08 Å². The van der Waals surface area contributed by atoms with E-state index in [4.69, 9.17) is 16.3 Å². The standard InChI is InChI=1S/C22H23ClN2O2/c1-24(2)20-8-4-16(5-9-20)14-25(3)22(26)11-6-17-12-18-13-19(23)7-10-21(18)27-15-17/h4-13H,14-15H2,1-3H3/b11-6+. The van der Waals surface area contributed by atoms with Crippen LogP contribution in [0.3, 0.4) is 0 Å². The van der Waals surface area contributed by atoms with Crippen molar-refractivity contribution in [1.82, 2.24) is 4.90 Å². The second kappa shape index (κ2) is 8.31. The number of fused-ring (bicyclic) bond motifs is 1. The lowest BCUT2D eigenvalue weighted by atomic mass is 10.1. The predicted octanol–water partition coefficient (Wildman–Crippen LogP) is 4.40. The number of benzene rings is 2. The molecule has 1 amide bonds. The van der Waals surface area contributed by atoms with Gasteiger partial charge in [-0.3, -0.25) is 4.79 Å². The van der Waals surface area contributed by atoms with Crippen molar-refractivity contribution in [2.24, 2.45) is 0 Å². The molecule has 1 heterocycles. The molecule has 0 N–H and O–H groups in total. The average Bonchev–Trinajstić information content (AvgIpc) is 2.66. The minimum Gasteiger partial charge on any atom is -0.488 e. The van der Waals surface area contributed by atoms with Crippen LogP contribution in [0.5, 0.6) is 5.75 Å². The molecule has 0 atom stereocenters. The number of hydrogen-bond donors (Lipinski definition) is 0. The van der Waals surface area contributed by atoms with Gasteiger partial charge < -0.3 is 14.5 Å². The Bertz CT molecular complexity index is 886. The number of likely N-dealkylation sites (N-methyl/N-ethyl adjacent to an activating group) is 1. The van der Waals surface area contributed by atoms with Crippen molar-refractivity contribution in [3.8, 4) is 5.75 Å². The van der Waals surface area contributed by atoms with Gasteiger partial charge in [-0.2, -0.15) is 0 Å². The monoisotopic (exact) mass is 382 g/mol. The zero-order valence-electron chi connectivity index (χ0n) is 15.8. The Hall–Kier alpha value is -2.72. The first kappa shape index (κ1) is 19.1. The Kier molecular flexibility index (Phi) is 5.87. The number of halogens is 1. The van der Waals surface area contributed by atoms with E-state index in [0.717, 1.165) is 28.1 Å². The number of hydrogen-bond acceptors (Lipinski definition) is 3. The molecule has 140 valence electrons. The lowest BCUT2D eigenvalue weighted by Gasteiger charge is -2.18. The molecule has 0 saturated carbocycles. The molecule has 2 aromatic carbocycles. The van der Waals surface area contributed by atoms with E-state index in [1.54, 1.807) is 30.2 Å². The second-order valence-electron chi connectivity index (χ2n) is 6.78. The number of nitrogens with zero attached hydrogens (tertiary/aromatic N) is 2. The second-order valence-corrected chi connectivity index (χ2v) is 7.22. The van der Waals surface area contributed by atoms with E-state index in [1.807, 2.05) is 49.3 Å². The molecule has 0 radical (unpaired) electrons. The summed E-state index contributed by atoms with van der Waals surface area (Å²) in [5, 5.41) is 0.662. The lowest BCUT2D eigenvalue weighted by Crippen LogP contribution is -2.24. The smallest absolute Gasteiger partial charge is 0.246 e. The molecule has 0 aliphatic carbocycles. The fourth-order valence-corrected chi connectivity index (χ4v) is 3.00. The third-order valence-corrected chi connectivity index (χ3v) is 4.63. The van der Waals surface area contributed by atoms with Gasteiger partial charge in [-0.15, -0.1) is 0 Å². The molecule has 27 heavy (non-hydrogen) atoms. The topological polar surface area (TPSA) is 32.8 Å². The van der Waals surface area contributed by atoms with Crippen LogP contribution in [0, 0.1) is 0 Å². The van der Waals surface area contributed by atoms with Crippen LogP contribution in [0.4, 0.5) is 5.69 Å². The minimum atomic E-state index is -0.0514. The van der Waals surface area contributed by atoms with Gasteiger partial charge in [-0.1, -0.05) is 29.8 Å². The van der Waals surface area contributed by atoms with Gasteiger partial charge in [-0.05, 0) is 47.5 Å². The number of carbonyl (C=O) groups excluding carboxylic acids is 1. The quantitative estimate of drug-likeness (QED) is 0.718. The number of amides is 1. The van der Waals surface area contributed by atoms with E-state index in [-0.39, 0.29) is 5.91 Å². The molecule has 3 rings (SSSR count). The summed E-state index contributed by atoms with van der Waals surface area (Å²) in [6.07, 6.45) is 5.38. The van der Waals surface area contributed by atoms with Crippen LogP contribution in [0.1, 0.15) is 11.1 Å². The van der Waals surface area contributed by atoms with Crippen LogP contribution in [-0.2, 0) is 11.3 Å². The third kappa shape index (κ3) is 4.92. The van der Waals surface area contributed by atoms with E-state index < -0.39 is 0 Å². The predicted molar refractivity (Wildman–Crippen MR) is 111 cm³/mol. The van der Waals surface area contributed by atoms with Gasteiger partial charge in [0.05, 0.1) is 0 Å². The molecule has 1 aliphatic heterocycles. The van der Waals surface area contributed by atoms with Gasteiger partial charge in [0.25, 0.3) is 0 Å². The highest BCUT2D eigenvalue weighted by Gasteiger charge is 2.11. The summed E-state index contributed by atoms with van der Waals surface area (Å²) >= 11 is 6.03. The summed E-state index contributed by atoms with van der Waals surface area (Å²) in [5.74, 6) is 0.755. The Balaban J connectivity index is 1.62. The molecule has 5 heteroatoms. The highest BCUT2D eigenvalue weighted by Crippen LogP contribution is 2.29. The van der Waals surface area contributed by atoms with Gasteiger partial charge >= 0.3 is 0 Å². The number of carbonyl (C=O) groups is 1. The van der Waals surface area contributed by atoms with Gasteiger partial charge in [0, 0.05) is 50.0 Å². The van der Waals surface area contributed by atoms with Crippen molar-refractivity contribution in [3.05, 3.63) is 76.3 Å². The summed E-state index contributed by atoms with van der Waals surface area (Å²) in [6.45, 7) is 0.999. The fourth-order valence-electron chi connectivity index (χ4n) is 2.82. The third-order valence-electron chi connectivity index (χ3n) is 4.40. The Morgan fingerprint density at radius 2 is 1.89 bits per heavy atom. The molecule has 0 unspecified atom stereocenters. The van der Waals surface area contributed by atoms with Crippen molar-refractivity contribution in [3.63, 3.8) is 0 Å². The van der Waals surface area contributed by atoms with Gasteiger partial charge in [-0.25, -0.2) is 0 Å². The minimum absolute atomic E-state index is 0.0514. The highest BCUT2D eigenvalue weighted by molar-refractivity contribution is 6.30. The molecule has 0 spiro atoms. The van der Waals surface area contributed by atoms with Crippen LogP contribution in [-0.4, -0.2) is 38.6 Å². The maximum atomic E-state index is 12.4. The number of rotatable bonds is 5. The largest absolute Gasteiger partial charge is 0.488 e. The normalized spacial score (nSPS) is 13.0. The first-order valence-electron chi connectivity index (χ1n) is 8.75. The van der Waals surface area contributed by atoms with Crippen molar-refractivity contribution < 1.29 is 9.53 Å². The number of anilines is 1. The van der Waals surface area contributed by atoms with Gasteiger partial charge in [0.15, 0.2) is 0 Å². The van der Waals surface area contributed by atoms with Crippen LogP contribution >= 0.6 is 11.6 Å². The average molecular weight is 383 g/mol. The van der Waals surface area contributed by atoms with Gasteiger partial charge in [0.1, 0.15) is 12.4 Å². The highest BCUT2D eigenvalue weighted by atomic mass is 35.5. The first-order valence-corrected chi connectivity index (χ1v) is 9.12. The van der Waals surface area contributed by atoms with E-state index in [2.05, 4.69) is 12.1 Å². The Labute approximate surface area is 165 Å². The van der Waals surface area contributed by atoms with E-state index >= 15 is 0 Å². The molecule has 2 aromatic rings. The van der Waals surface area contributed by atoms with Crippen LogP contribution in [0.2, 0.25) is 5.02 Å². The maximum absolute atomic E-state index is 12.4. The zero-order chi connectivity index (χ0) is 19.4. The fraction of sp³-hybridized carbons (Fsp3) is 0.227. The summed E-state index contributed by atoms with van der Waals surface area (Å²) in [7, 11) is 5.81. The van der Waals surface area contributed by atoms with Crippen LogP contribution < -0.4 is 9.64 Å². The van der Waals surface area contributed by atoms with Crippen molar-refractivity contribution >= 4 is 29.3 Å². The number of ether oxygens (including phenoxy) is 1. The molecular formula is C22H23ClN2O2. The van der Waals surface area contributed by atoms with Gasteiger partial charge in [0.2, 0.25) is 5.91 Å².